The molecular weight excluding hydrogens is 372 g/mol. The third-order valence-corrected chi connectivity index (χ3v) is 5.80. The minimum absolute atomic E-state index is 0. The second-order valence-electron chi connectivity index (χ2n) is 8.13. The molecule has 0 aromatic carbocycles. The van der Waals surface area contributed by atoms with E-state index >= 15 is 0 Å². The third kappa shape index (κ3) is 8.75. The van der Waals surface area contributed by atoms with Crippen molar-refractivity contribution in [2.75, 3.05) is 0 Å². The molecule has 1 aliphatic carbocycles. The van der Waals surface area contributed by atoms with Gasteiger partial charge in [0.05, 0.1) is 0 Å². The van der Waals surface area contributed by atoms with Crippen LogP contribution in [0.5, 0.6) is 0 Å². The number of aryl methyl sites for hydroxylation is 1. The lowest BCUT2D eigenvalue weighted by atomic mass is 9.82. The molecule has 1 aromatic rings. The first-order valence-electron chi connectivity index (χ1n) is 10.8. The molecule has 0 N–H and O–H groups in total. The van der Waals surface area contributed by atoms with Gasteiger partial charge in [-0.1, -0.05) is 84.5 Å². The van der Waals surface area contributed by atoms with Gasteiger partial charge in [0.1, 0.15) is 5.82 Å². The maximum atomic E-state index is 4.70. The van der Waals surface area contributed by atoms with Crippen molar-refractivity contribution in [2.24, 2.45) is 5.92 Å². The van der Waals surface area contributed by atoms with Gasteiger partial charge in [0, 0.05) is 24.9 Å². The molecule has 2 atom stereocenters. The van der Waals surface area contributed by atoms with E-state index in [1.807, 2.05) is 6.20 Å². The van der Waals surface area contributed by atoms with Gasteiger partial charge in [0.25, 0.3) is 0 Å². The summed E-state index contributed by atoms with van der Waals surface area (Å²) in [5.41, 5.74) is 0. The van der Waals surface area contributed by atoms with Gasteiger partial charge in [-0.15, -0.1) is 17.0 Å². The van der Waals surface area contributed by atoms with Crippen molar-refractivity contribution in [3.05, 3.63) is 18.2 Å². The van der Waals surface area contributed by atoms with Crippen LogP contribution in [0.25, 0.3) is 0 Å². The van der Waals surface area contributed by atoms with Crippen molar-refractivity contribution in [3.8, 4) is 0 Å². The highest BCUT2D eigenvalue weighted by Crippen LogP contribution is 2.35. The summed E-state index contributed by atoms with van der Waals surface area (Å²) in [6.45, 7) is 5.87. The van der Waals surface area contributed by atoms with Crippen LogP contribution in [0.4, 0.5) is 0 Å². The Labute approximate surface area is 167 Å². The summed E-state index contributed by atoms with van der Waals surface area (Å²) in [7, 11) is 0. The van der Waals surface area contributed by atoms with E-state index in [1.165, 1.54) is 102 Å². The highest BCUT2D eigenvalue weighted by atomic mass is 79.9. The first kappa shape index (κ1) is 22.7. The van der Waals surface area contributed by atoms with Gasteiger partial charge in [-0.25, -0.2) is 4.98 Å². The standard InChI is InChI=1S/C22H40N2.BrH/c1-3-4-5-6-7-8-9-10-11-12-17-24-18-16-23-22(24)21-15-13-14-20(2)19-21;/h16,18,20-21H,3-15,17,19H2,1-2H3;1H. The van der Waals surface area contributed by atoms with E-state index in [0.29, 0.717) is 5.92 Å². The van der Waals surface area contributed by atoms with Crippen molar-refractivity contribution < 1.29 is 0 Å². The molecule has 0 radical (unpaired) electrons. The van der Waals surface area contributed by atoms with Crippen molar-refractivity contribution in [2.45, 2.75) is 116 Å². The van der Waals surface area contributed by atoms with E-state index in [9.17, 15) is 0 Å². The zero-order valence-electron chi connectivity index (χ0n) is 16.7. The van der Waals surface area contributed by atoms with Gasteiger partial charge in [0.15, 0.2) is 0 Å². The highest BCUT2D eigenvalue weighted by Gasteiger charge is 2.23. The summed E-state index contributed by atoms with van der Waals surface area (Å²) in [5.74, 6) is 2.97. The average Bonchev–Trinajstić information content (AvgIpc) is 3.05. The number of halogens is 1. The van der Waals surface area contributed by atoms with Gasteiger partial charge >= 0.3 is 0 Å². The molecule has 25 heavy (non-hydrogen) atoms. The average molecular weight is 413 g/mol. The zero-order chi connectivity index (χ0) is 17.0. The predicted octanol–water partition coefficient (Wildman–Crippen LogP) is 7.68. The SMILES string of the molecule is Br.CCCCCCCCCCCCn1ccnc1C1CCCC(C)C1. The molecular formula is C22H41BrN2. The molecule has 0 amide bonds. The maximum Gasteiger partial charge on any atom is 0.111 e. The Morgan fingerprint density at radius 1 is 0.960 bits per heavy atom. The smallest absolute Gasteiger partial charge is 0.111 e. The number of aromatic nitrogens is 2. The molecule has 2 unspecified atom stereocenters. The molecule has 1 aliphatic rings. The molecule has 0 bridgehead atoms. The second-order valence-corrected chi connectivity index (χ2v) is 8.13. The Hall–Kier alpha value is -0.310. The van der Waals surface area contributed by atoms with Crippen LogP contribution < -0.4 is 0 Å². The minimum Gasteiger partial charge on any atom is -0.335 e. The number of unbranched alkanes of at least 4 members (excludes halogenated alkanes) is 9. The molecule has 146 valence electrons. The van der Waals surface area contributed by atoms with Gasteiger partial charge in [0.2, 0.25) is 0 Å². The molecule has 1 saturated carbocycles. The molecule has 0 saturated heterocycles. The first-order chi connectivity index (χ1) is 11.8. The lowest BCUT2D eigenvalue weighted by Crippen LogP contribution is -2.16. The van der Waals surface area contributed by atoms with Crippen molar-refractivity contribution in [1.82, 2.24) is 9.55 Å². The highest BCUT2D eigenvalue weighted by molar-refractivity contribution is 8.93. The summed E-state index contributed by atoms with van der Waals surface area (Å²) in [5, 5.41) is 0. The fraction of sp³-hybridized carbons (Fsp3) is 0.864. The van der Waals surface area contributed by atoms with Gasteiger partial charge in [-0.3, -0.25) is 0 Å². The number of hydrogen-bond donors (Lipinski definition) is 0. The normalized spacial score (nSPS) is 20.4. The molecule has 2 nitrogen and oxygen atoms in total. The largest absolute Gasteiger partial charge is 0.335 e. The quantitative estimate of drug-likeness (QED) is 0.321. The third-order valence-electron chi connectivity index (χ3n) is 5.80. The Morgan fingerprint density at radius 2 is 1.60 bits per heavy atom. The summed E-state index contributed by atoms with van der Waals surface area (Å²) in [6, 6.07) is 0. The Morgan fingerprint density at radius 3 is 2.24 bits per heavy atom. The predicted molar refractivity (Wildman–Crippen MR) is 115 cm³/mol. The molecule has 0 aliphatic heterocycles. The fourth-order valence-electron chi connectivity index (χ4n) is 4.31. The maximum absolute atomic E-state index is 4.70. The van der Waals surface area contributed by atoms with E-state index in [0.717, 1.165) is 5.92 Å². The van der Waals surface area contributed by atoms with Gasteiger partial charge in [-0.05, 0) is 25.2 Å². The van der Waals surface area contributed by atoms with Crippen LogP contribution in [-0.2, 0) is 6.54 Å². The fourth-order valence-corrected chi connectivity index (χ4v) is 4.31. The molecule has 2 rings (SSSR count). The lowest BCUT2D eigenvalue weighted by Gasteiger charge is -2.26. The van der Waals surface area contributed by atoms with Gasteiger partial charge in [-0.2, -0.15) is 0 Å². The molecule has 1 aromatic heterocycles. The number of rotatable bonds is 12. The topological polar surface area (TPSA) is 17.8 Å². The zero-order valence-corrected chi connectivity index (χ0v) is 18.4. The van der Waals surface area contributed by atoms with E-state index in [1.54, 1.807) is 0 Å². The van der Waals surface area contributed by atoms with E-state index in [4.69, 9.17) is 4.98 Å². The van der Waals surface area contributed by atoms with Crippen molar-refractivity contribution in [1.29, 1.82) is 0 Å². The summed E-state index contributed by atoms with van der Waals surface area (Å²) in [6.07, 6.45) is 23.8. The van der Waals surface area contributed by atoms with Crippen molar-refractivity contribution in [3.63, 3.8) is 0 Å². The van der Waals surface area contributed by atoms with E-state index in [2.05, 4.69) is 24.6 Å². The summed E-state index contributed by atoms with van der Waals surface area (Å²) >= 11 is 0. The molecule has 0 spiro atoms. The van der Waals surface area contributed by atoms with Crippen LogP contribution >= 0.6 is 17.0 Å². The molecule has 1 fully saturated rings. The van der Waals surface area contributed by atoms with Crippen LogP contribution in [0.2, 0.25) is 0 Å². The van der Waals surface area contributed by atoms with Crippen LogP contribution in [0.15, 0.2) is 12.4 Å². The molecule has 1 heterocycles. The van der Waals surface area contributed by atoms with Crippen molar-refractivity contribution >= 4 is 17.0 Å². The summed E-state index contributed by atoms with van der Waals surface area (Å²) in [4.78, 5) is 4.70. The Balaban J connectivity index is 0.00000312. The van der Waals surface area contributed by atoms with Crippen LogP contribution in [0, 0.1) is 5.92 Å². The van der Waals surface area contributed by atoms with Crippen LogP contribution in [-0.4, -0.2) is 9.55 Å². The number of hydrogen-bond acceptors (Lipinski definition) is 1. The number of nitrogens with zero attached hydrogens (tertiary/aromatic N) is 2. The lowest BCUT2D eigenvalue weighted by molar-refractivity contribution is 0.328. The van der Waals surface area contributed by atoms with Crippen LogP contribution in [0.3, 0.4) is 0 Å². The van der Waals surface area contributed by atoms with Gasteiger partial charge < -0.3 is 4.57 Å². The molecule has 3 heteroatoms. The number of imidazole rings is 1. The van der Waals surface area contributed by atoms with Crippen LogP contribution in [0.1, 0.15) is 115 Å². The Bertz CT molecular complexity index is 429. The minimum atomic E-state index is 0. The summed E-state index contributed by atoms with van der Waals surface area (Å²) < 4.78 is 2.45. The second kappa shape index (κ2) is 13.8. The monoisotopic (exact) mass is 412 g/mol. The van der Waals surface area contributed by atoms with E-state index < -0.39 is 0 Å². The van der Waals surface area contributed by atoms with E-state index in [-0.39, 0.29) is 17.0 Å². The Kier molecular flexibility index (Phi) is 12.6. The first-order valence-corrected chi connectivity index (χ1v) is 10.8.